The highest BCUT2D eigenvalue weighted by molar-refractivity contribution is 6.42. The van der Waals surface area contributed by atoms with Gasteiger partial charge in [0.25, 0.3) is 0 Å². The van der Waals surface area contributed by atoms with Crippen molar-refractivity contribution in [3.8, 4) is 0 Å². The Morgan fingerprint density at radius 2 is 1.60 bits per heavy atom. The number of hydrogen-bond acceptors (Lipinski definition) is 1. The van der Waals surface area contributed by atoms with Gasteiger partial charge in [0.05, 0.1) is 10.0 Å². The lowest BCUT2D eigenvalue weighted by Crippen LogP contribution is -2.26. The van der Waals surface area contributed by atoms with Gasteiger partial charge in [0.1, 0.15) is 0 Å². The fourth-order valence-electron chi connectivity index (χ4n) is 2.22. The maximum atomic E-state index is 6.13. The Labute approximate surface area is 134 Å². The van der Waals surface area contributed by atoms with Gasteiger partial charge in [0.15, 0.2) is 0 Å². The molecule has 1 nitrogen and oxygen atoms in total. The molecular weight excluding hydrogens is 313 g/mol. The summed E-state index contributed by atoms with van der Waals surface area (Å²) in [5.74, 6) is 0.186. The van der Waals surface area contributed by atoms with E-state index in [1.807, 2.05) is 49.4 Å². The normalized spacial score (nSPS) is 14.1. The van der Waals surface area contributed by atoms with E-state index in [0.29, 0.717) is 10.0 Å². The van der Waals surface area contributed by atoms with E-state index in [-0.39, 0.29) is 12.0 Å². The second-order valence-corrected chi connectivity index (χ2v) is 6.22. The third-order valence-electron chi connectivity index (χ3n) is 3.38. The van der Waals surface area contributed by atoms with Crippen LogP contribution in [0.2, 0.25) is 15.1 Å². The maximum absolute atomic E-state index is 6.13. The van der Waals surface area contributed by atoms with Crippen LogP contribution in [0.1, 0.15) is 24.0 Å². The van der Waals surface area contributed by atoms with Crippen molar-refractivity contribution in [2.24, 2.45) is 5.73 Å². The third-order valence-corrected chi connectivity index (χ3v) is 4.37. The zero-order valence-electron chi connectivity index (χ0n) is 11.1. The summed E-state index contributed by atoms with van der Waals surface area (Å²) in [5.41, 5.74) is 8.43. The van der Waals surface area contributed by atoms with E-state index in [9.17, 15) is 0 Å². The van der Waals surface area contributed by atoms with Crippen LogP contribution in [0, 0.1) is 0 Å². The van der Waals surface area contributed by atoms with Gasteiger partial charge >= 0.3 is 0 Å². The van der Waals surface area contributed by atoms with Gasteiger partial charge in [0.2, 0.25) is 0 Å². The molecule has 106 valence electrons. The number of hydrogen-bond donors (Lipinski definition) is 1. The molecule has 0 saturated heterocycles. The second-order valence-electron chi connectivity index (χ2n) is 4.97. The first-order chi connectivity index (χ1) is 9.47. The molecular formula is C16H16Cl3N. The predicted molar refractivity (Wildman–Crippen MR) is 88.0 cm³/mol. The minimum absolute atomic E-state index is 0.0166. The molecule has 0 amide bonds. The zero-order chi connectivity index (χ0) is 14.7. The smallest absolute Gasteiger partial charge is 0.0595 e. The lowest BCUT2D eigenvalue weighted by molar-refractivity contribution is 0.565. The van der Waals surface area contributed by atoms with Crippen molar-refractivity contribution in [1.29, 1.82) is 0 Å². The van der Waals surface area contributed by atoms with Gasteiger partial charge in [-0.2, -0.15) is 0 Å². The first-order valence-electron chi connectivity index (χ1n) is 6.42. The molecule has 0 radical (unpaired) electrons. The van der Waals surface area contributed by atoms with Crippen molar-refractivity contribution in [2.45, 2.75) is 25.3 Å². The highest BCUT2D eigenvalue weighted by atomic mass is 35.5. The van der Waals surface area contributed by atoms with Crippen LogP contribution in [0.5, 0.6) is 0 Å². The molecule has 2 atom stereocenters. The Morgan fingerprint density at radius 3 is 2.15 bits per heavy atom. The standard InChI is InChI=1S/C16H16Cl3N/c1-10(20)14(8-11-2-5-13(17)6-3-11)12-4-7-15(18)16(19)9-12/h2-7,9-10,14H,8,20H2,1H3. The summed E-state index contributed by atoms with van der Waals surface area (Å²) >= 11 is 18.0. The lowest BCUT2D eigenvalue weighted by Gasteiger charge is -2.22. The van der Waals surface area contributed by atoms with Crippen molar-refractivity contribution in [3.05, 3.63) is 68.7 Å². The Hall–Kier alpha value is -0.730. The van der Waals surface area contributed by atoms with Crippen LogP contribution in [0.15, 0.2) is 42.5 Å². The Morgan fingerprint density at radius 1 is 0.950 bits per heavy atom. The van der Waals surface area contributed by atoms with E-state index in [1.54, 1.807) is 0 Å². The molecule has 2 aromatic carbocycles. The molecule has 2 aromatic rings. The summed E-state index contributed by atoms with van der Waals surface area (Å²) < 4.78 is 0. The fourth-order valence-corrected chi connectivity index (χ4v) is 2.66. The number of benzene rings is 2. The summed E-state index contributed by atoms with van der Waals surface area (Å²) in [6.07, 6.45) is 0.840. The van der Waals surface area contributed by atoms with Crippen molar-refractivity contribution >= 4 is 34.8 Å². The molecule has 0 heterocycles. The molecule has 0 bridgehead atoms. The monoisotopic (exact) mass is 327 g/mol. The molecule has 0 spiro atoms. The van der Waals surface area contributed by atoms with Gasteiger partial charge in [0, 0.05) is 17.0 Å². The Bertz CT molecular complexity index is 579. The van der Waals surface area contributed by atoms with Crippen LogP contribution in [0.3, 0.4) is 0 Å². The second kappa shape index (κ2) is 6.82. The van der Waals surface area contributed by atoms with E-state index in [0.717, 1.165) is 17.0 Å². The molecule has 20 heavy (non-hydrogen) atoms. The third kappa shape index (κ3) is 3.89. The Kier molecular flexibility index (Phi) is 5.34. The minimum Gasteiger partial charge on any atom is -0.327 e. The van der Waals surface area contributed by atoms with Gasteiger partial charge in [-0.25, -0.2) is 0 Å². The van der Waals surface area contributed by atoms with Crippen molar-refractivity contribution in [2.75, 3.05) is 0 Å². The van der Waals surface area contributed by atoms with Gasteiger partial charge in [-0.1, -0.05) is 53.0 Å². The van der Waals surface area contributed by atoms with Crippen LogP contribution in [-0.2, 0) is 6.42 Å². The number of nitrogens with two attached hydrogens (primary N) is 1. The van der Waals surface area contributed by atoms with Crippen LogP contribution in [-0.4, -0.2) is 6.04 Å². The van der Waals surface area contributed by atoms with E-state index < -0.39 is 0 Å². The topological polar surface area (TPSA) is 26.0 Å². The molecule has 2 N–H and O–H groups in total. The van der Waals surface area contributed by atoms with Crippen molar-refractivity contribution in [3.63, 3.8) is 0 Å². The highest BCUT2D eigenvalue weighted by Crippen LogP contribution is 2.30. The zero-order valence-corrected chi connectivity index (χ0v) is 13.4. The van der Waals surface area contributed by atoms with Gasteiger partial charge < -0.3 is 5.73 Å². The van der Waals surface area contributed by atoms with Crippen molar-refractivity contribution in [1.82, 2.24) is 0 Å². The van der Waals surface area contributed by atoms with Crippen molar-refractivity contribution < 1.29 is 0 Å². The van der Waals surface area contributed by atoms with Crippen LogP contribution in [0.4, 0.5) is 0 Å². The quantitative estimate of drug-likeness (QED) is 0.807. The first-order valence-corrected chi connectivity index (χ1v) is 7.55. The summed E-state index contributed by atoms with van der Waals surface area (Å²) in [7, 11) is 0. The van der Waals surface area contributed by atoms with E-state index in [1.165, 1.54) is 5.56 Å². The van der Waals surface area contributed by atoms with Gasteiger partial charge in [-0.05, 0) is 48.7 Å². The van der Waals surface area contributed by atoms with Crippen LogP contribution < -0.4 is 5.73 Å². The summed E-state index contributed by atoms with van der Waals surface area (Å²) in [4.78, 5) is 0. The molecule has 4 heteroatoms. The molecule has 0 aliphatic rings. The minimum atomic E-state index is 0.0166. The van der Waals surface area contributed by atoms with E-state index in [4.69, 9.17) is 40.5 Å². The molecule has 0 aliphatic carbocycles. The average molecular weight is 329 g/mol. The average Bonchev–Trinajstić information content (AvgIpc) is 2.41. The largest absolute Gasteiger partial charge is 0.327 e. The number of halogens is 3. The van der Waals surface area contributed by atoms with Crippen LogP contribution in [0.25, 0.3) is 0 Å². The molecule has 0 aliphatic heterocycles. The molecule has 0 aromatic heterocycles. The van der Waals surface area contributed by atoms with Gasteiger partial charge in [-0.3, -0.25) is 0 Å². The molecule has 2 unspecified atom stereocenters. The Balaban J connectivity index is 2.26. The maximum Gasteiger partial charge on any atom is 0.0595 e. The molecule has 0 saturated carbocycles. The SMILES string of the molecule is CC(N)C(Cc1ccc(Cl)cc1)c1ccc(Cl)c(Cl)c1. The van der Waals surface area contributed by atoms with E-state index in [2.05, 4.69) is 0 Å². The van der Waals surface area contributed by atoms with Crippen LogP contribution >= 0.6 is 34.8 Å². The first kappa shape index (κ1) is 15.7. The number of rotatable bonds is 4. The highest BCUT2D eigenvalue weighted by Gasteiger charge is 2.18. The predicted octanol–water partition coefficient (Wildman–Crippen LogP) is 5.32. The molecule has 0 fully saturated rings. The fraction of sp³-hybridized carbons (Fsp3) is 0.250. The molecule has 2 rings (SSSR count). The lowest BCUT2D eigenvalue weighted by atomic mass is 9.87. The summed E-state index contributed by atoms with van der Waals surface area (Å²) in [5, 5.41) is 1.86. The van der Waals surface area contributed by atoms with Gasteiger partial charge in [-0.15, -0.1) is 0 Å². The summed E-state index contributed by atoms with van der Waals surface area (Å²) in [6.45, 7) is 2.00. The van der Waals surface area contributed by atoms with E-state index >= 15 is 0 Å². The summed E-state index contributed by atoms with van der Waals surface area (Å²) in [6, 6.07) is 13.5.